The first kappa shape index (κ1) is 19.5. The number of alkyl halides is 3. The summed E-state index contributed by atoms with van der Waals surface area (Å²) in [4.78, 5) is 12.1. The molecule has 6 heteroatoms. The molecule has 0 aliphatic carbocycles. The first-order valence-electron chi connectivity index (χ1n) is 7.72. The minimum absolute atomic E-state index is 0.0215. The van der Waals surface area contributed by atoms with Crippen LogP contribution in [0.2, 0.25) is 0 Å². The van der Waals surface area contributed by atoms with Gasteiger partial charge in [0.15, 0.2) is 0 Å². The summed E-state index contributed by atoms with van der Waals surface area (Å²) in [6, 6.07) is 4.93. The summed E-state index contributed by atoms with van der Waals surface area (Å²) in [6.07, 6.45) is -3.82. The van der Waals surface area contributed by atoms with E-state index in [1.807, 2.05) is 13.8 Å². The van der Waals surface area contributed by atoms with E-state index in [1.165, 1.54) is 6.07 Å². The van der Waals surface area contributed by atoms with Crippen LogP contribution < -0.4 is 5.32 Å². The smallest absolute Gasteiger partial charge is 0.396 e. The number of rotatable bonds is 7. The van der Waals surface area contributed by atoms with Crippen molar-refractivity contribution < 1.29 is 23.1 Å². The van der Waals surface area contributed by atoms with Crippen LogP contribution in [0, 0.1) is 5.92 Å². The standard InChI is InChI=1S/C17H24F3NO2/c1-11(2)15(7-8-22)21-16(23)9-12(3)13-5-4-6-14(10-13)17(18,19)20/h4-6,10-12,15,22H,7-9H2,1-3H3,(H,21,23). The molecular weight excluding hydrogens is 307 g/mol. The summed E-state index contributed by atoms with van der Waals surface area (Å²) in [5, 5.41) is 11.8. The summed E-state index contributed by atoms with van der Waals surface area (Å²) in [6.45, 7) is 5.59. The Labute approximate surface area is 134 Å². The third-order valence-electron chi connectivity index (χ3n) is 3.87. The van der Waals surface area contributed by atoms with E-state index in [-0.39, 0.29) is 36.8 Å². The lowest BCUT2D eigenvalue weighted by molar-refractivity contribution is -0.137. The lowest BCUT2D eigenvalue weighted by Gasteiger charge is -2.22. The second-order valence-electron chi connectivity index (χ2n) is 6.16. The Balaban J connectivity index is 2.72. The molecule has 2 unspecified atom stereocenters. The predicted octanol–water partition coefficient (Wildman–Crippen LogP) is 3.72. The average Bonchev–Trinajstić information content (AvgIpc) is 2.45. The molecule has 0 heterocycles. The van der Waals surface area contributed by atoms with Gasteiger partial charge in [-0.3, -0.25) is 4.79 Å². The highest BCUT2D eigenvalue weighted by atomic mass is 19.4. The van der Waals surface area contributed by atoms with Crippen molar-refractivity contribution in [3.8, 4) is 0 Å². The first-order chi connectivity index (χ1) is 10.6. The van der Waals surface area contributed by atoms with E-state index in [4.69, 9.17) is 5.11 Å². The highest BCUT2D eigenvalue weighted by molar-refractivity contribution is 5.77. The number of amides is 1. The van der Waals surface area contributed by atoms with Crippen LogP contribution in [-0.2, 0) is 11.0 Å². The van der Waals surface area contributed by atoms with Crippen molar-refractivity contribution in [2.75, 3.05) is 6.61 Å². The van der Waals surface area contributed by atoms with Gasteiger partial charge in [0.25, 0.3) is 0 Å². The molecule has 2 N–H and O–H groups in total. The topological polar surface area (TPSA) is 49.3 Å². The Hall–Kier alpha value is -1.56. The molecule has 130 valence electrons. The molecule has 1 aromatic carbocycles. The van der Waals surface area contributed by atoms with Gasteiger partial charge < -0.3 is 10.4 Å². The van der Waals surface area contributed by atoms with Crippen molar-refractivity contribution in [2.24, 2.45) is 5.92 Å². The van der Waals surface area contributed by atoms with Gasteiger partial charge in [0.2, 0.25) is 5.91 Å². The van der Waals surface area contributed by atoms with Crippen molar-refractivity contribution in [1.82, 2.24) is 5.32 Å². The molecular formula is C17H24F3NO2. The molecule has 0 bridgehead atoms. The van der Waals surface area contributed by atoms with Gasteiger partial charge in [0.05, 0.1) is 5.56 Å². The molecule has 23 heavy (non-hydrogen) atoms. The summed E-state index contributed by atoms with van der Waals surface area (Å²) in [5.41, 5.74) is -0.221. The molecule has 0 radical (unpaired) electrons. The lowest BCUT2D eigenvalue weighted by atomic mass is 9.94. The van der Waals surface area contributed by atoms with Crippen LogP contribution in [0.3, 0.4) is 0 Å². The zero-order valence-corrected chi connectivity index (χ0v) is 13.7. The number of hydrogen-bond acceptors (Lipinski definition) is 2. The molecule has 1 aromatic rings. The van der Waals surface area contributed by atoms with Crippen molar-refractivity contribution in [1.29, 1.82) is 0 Å². The second-order valence-corrected chi connectivity index (χ2v) is 6.16. The van der Waals surface area contributed by atoms with E-state index in [9.17, 15) is 18.0 Å². The highest BCUT2D eigenvalue weighted by Crippen LogP contribution is 2.31. The maximum absolute atomic E-state index is 12.7. The normalized spacial score (nSPS) is 14.6. The summed E-state index contributed by atoms with van der Waals surface area (Å²) >= 11 is 0. The third kappa shape index (κ3) is 6.22. The zero-order valence-electron chi connectivity index (χ0n) is 13.7. The molecule has 0 fully saturated rings. The fourth-order valence-corrected chi connectivity index (χ4v) is 2.39. The number of nitrogens with one attached hydrogen (secondary N) is 1. The van der Waals surface area contributed by atoms with Gasteiger partial charge in [-0.2, -0.15) is 13.2 Å². The van der Waals surface area contributed by atoms with Crippen LogP contribution in [0.15, 0.2) is 24.3 Å². The van der Waals surface area contributed by atoms with Crippen molar-refractivity contribution >= 4 is 5.91 Å². The van der Waals surface area contributed by atoms with Gasteiger partial charge in [-0.05, 0) is 29.9 Å². The van der Waals surface area contributed by atoms with E-state index >= 15 is 0 Å². The molecule has 0 aliphatic rings. The van der Waals surface area contributed by atoms with Crippen molar-refractivity contribution in [3.05, 3.63) is 35.4 Å². The molecule has 3 nitrogen and oxygen atoms in total. The number of halogens is 3. The minimum Gasteiger partial charge on any atom is -0.396 e. The van der Waals surface area contributed by atoms with Crippen molar-refractivity contribution in [2.45, 2.75) is 51.7 Å². The van der Waals surface area contributed by atoms with Crippen LogP contribution in [0.4, 0.5) is 13.2 Å². The van der Waals surface area contributed by atoms with Crippen LogP contribution in [-0.4, -0.2) is 23.7 Å². The SMILES string of the molecule is CC(CC(=O)NC(CCO)C(C)C)c1cccc(C(F)(F)F)c1. The average molecular weight is 331 g/mol. The van der Waals surface area contributed by atoms with Gasteiger partial charge in [0, 0.05) is 19.1 Å². The van der Waals surface area contributed by atoms with E-state index in [0.29, 0.717) is 12.0 Å². The van der Waals surface area contributed by atoms with Gasteiger partial charge >= 0.3 is 6.18 Å². The molecule has 0 saturated heterocycles. The molecule has 1 amide bonds. The van der Waals surface area contributed by atoms with Crippen LogP contribution in [0.5, 0.6) is 0 Å². The Morgan fingerprint density at radius 1 is 1.26 bits per heavy atom. The molecule has 0 spiro atoms. The number of carbonyl (C=O) groups excluding carboxylic acids is 1. The van der Waals surface area contributed by atoms with E-state index < -0.39 is 11.7 Å². The zero-order chi connectivity index (χ0) is 17.6. The molecule has 0 saturated carbocycles. The predicted molar refractivity (Wildman–Crippen MR) is 82.9 cm³/mol. The second kappa shape index (κ2) is 8.34. The lowest BCUT2D eigenvalue weighted by Crippen LogP contribution is -2.39. The molecule has 0 aromatic heterocycles. The van der Waals surface area contributed by atoms with E-state index in [0.717, 1.165) is 12.1 Å². The summed E-state index contributed by atoms with van der Waals surface area (Å²) in [7, 11) is 0. The Morgan fingerprint density at radius 2 is 1.91 bits per heavy atom. The van der Waals surface area contributed by atoms with Crippen LogP contribution in [0.25, 0.3) is 0 Å². The summed E-state index contributed by atoms with van der Waals surface area (Å²) in [5.74, 6) is -0.365. The number of aliphatic hydroxyl groups is 1. The van der Waals surface area contributed by atoms with Gasteiger partial charge in [-0.25, -0.2) is 0 Å². The number of aliphatic hydroxyl groups excluding tert-OH is 1. The molecule has 1 rings (SSSR count). The van der Waals surface area contributed by atoms with E-state index in [1.54, 1.807) is 13.0 Å². The quantitative estimate of drug-likeness (QED) is 0.800. The molecule has 2 atom stereocenters. The Morgan fingerprint density at radius 3 is 2.43 bits per heavy atom. The molecule has 0 aliphatic heterocycles. The van der Waals surface area contributed by atoms with Crippen molar-refractivity contribution in [3.63, 3.8) is 0 Å². The largest absolute Gasteiger partial charge is 0.416 e. The number of benzene rings is 1. The Bertz CT molecular complexity index is 515. The fraction of sp³-hybridized carbons (Fsp3) is 0.588. The number of hydrogen-bond donors (Lipinski definition) is 2. The first-order valence-corrected chi connectivity index (χ1v) is 7.72. The maximum Gasteiger partial charge on any atom is 0.416 e. The summed E-state index contributed by atoms with van der Waals surface area (Å²) < 4.78 is 38.2. The van der Waals surface area contributed by atoms with Crippen LogP contribution in [0.1, 0.15) is 50.7 Å². The third-order valence-corrected chi connectivity index (χ3v) is 3.87. The highest BCUT2D eigenvalue weighted by Gasteiger charge is 2.30. The van der Waals surface area contributed by atoms with Gasteiger partial charge in [-0.15, -0.1) is 0 Å². The Kier molecular flexibility index (Phi) is 7.06. The van der Waals surface area contributed by atoms with Gasteiger partial charge in [-0.1, -0.05) is 39.0 Å². The maximum atomic E-state index is 12.7. The number of carbonyl (C=O) groups is 1. The fourth-order valence-electron chi connectivity index (χ4n) is 2.39. The minimum atomic E-state index is -4.39. The monoisotopic (exact) mass is 331 g/mol. The van der Waals surface area contributed by atoms with Gasteiger partial charge in [0.1, 0.15) is 0 Å². The van der Waals surface area contributed by atoms with Crippen LogP contribution >= 0.6 is 0 Å². The van der Waals surface area contributed by atoms with E-state index in [2.05, 4.69) is 5.32 Å².